The number of methoxy groups -OCH3 is 1. The third-order valence-corrected chi connectivity index (χ3v) is 5.13. The fourth-order valence-corrected chi connectivity index (χ4v) is 3.77. The van der Waals surface area contributed by atoms with Crippen molar-refractivity contribution in [2.24, 2.45) is 5.92 Å². The van der Waals surface area contributed by atoms with E-state index in [2.05, 4.69) is 14.9 Å². The Morgan fingerprint density at radius 2 is 2.29 bits per heavy atom. The summed E-state index contributed by atoms with van der Waals surface area (Å²) in [5, 5.41) is 6.72. The number of hydrogen-bond acceptors (Lipinski definition) is 7. The Morgan fingerprint density at radius 1 is 1.46 bits per heavy atom. The molecule has 0 saturated carbocycles. The first-order valence-electron chi connectivity index (χ1n) is 8.07. The summed E-state index contributed by atoms with van der Waals surface area (Å²) in [7, 11) is 1.60. The summed E-state index contributed by atoms with van der Waals surface area (Å²) < 4.78 is 14.7. The highest BCUT2D eigenvalue weighted by Crippen LogP contribution is 2.34. The maximum atomic E-state index is 12.5. The van der Waals surface area contributed by atoms with Gasteiger partial charge in [0.25, 0.3) is 5.91 Å². The lowest BCUT2D eigenvalue weighted by molar-refractivity contribution is -0.124. The van der Waals surface area contributed by atoms with Gasteiger partial charge in [0.1, 0.15) is 0 Å². The topological polar surface area (TPSA) is 93.7 Å². The quantitative estimate of drug-likeness (QED) is 0.735. The van der Waals surface area contributed by atoms with Gasteiger partial charge in [0.2, 0.25) is 5.91 Å². The Balaban J connectivity index is 1.47. The van der Waals surface area contributed by atoms with Gasteiger partial charge in [-0.05, 0) is 24.9 Å². The Labute approximate surface area is 144 Å². The molecular weight excluding hydrogens is 332 g/mol. The molecule has 0 aromatic carbocycles. The van der Waals surface area contributed by atoms with Crippen LogP contribution in [0.1, 0.15) is 28.2 Å². The van der Waals surface area contributed by atoms with Crippen molar-refractivity contribution in [1.82, 2.24) is 19.8 Å². The Morgan fingerprint density at radius 3 is 2.96 bits per heavy atom. The van der Waals surface area contributed by atoms with Gasteiger partial charge in [-0.25, -0.2) is 0 Å². The molecular formula is C15H22N4O4S. The minimum Gasteiger partial charge on any atom is -0.383 e. The molecule has 3 heterocycles. The molecule has 24 heavy (non-hydrogen) atoms. The van der Waals surface area contributed by atoms with E-state index < -0.39 is 0 Å². The highest BCUT2D eigenvalue weighted by molar-refractivity contribution is 7.05. The van der Waals surface area contributed by atoms with Gasteiger partial charge in [-0.1, -0.05) is 4.49 Å². The van der Waals surface area contributed by atoms with Crippen LogP contribution in [0.25, 0.3) is 0 Å². The van der Waals surface area contributed by atoms with Gasteiger partial charge < -0.3 is 19.7 Å². The van der Waals surface area contributed by atoms with Gasteiger partial charge in [0.05, 0.1) is 30.1 Å². The lowest BCUT2D eigenvalue weighted by atomic mass is 10.0. The van der Waals surface area contributed by atoms with E-state index in [1.165, 1.54) is 11.5 Å². The summed E-state index contributed by atoms with van der Waals surface area (Å²) in [4.78, 5) is 26.9. The van der Waals surface area contributed by atoms with Crippen LogP contribution in [-0.4, -0.2) is 71.9 Å². The zero-order valence-corrected chi connectivity index (χ0v) is 14.7. The fraction of sp³-hybridized carbons (Fsp3) is 0.733. The lowest BCUT2D eigenvalue weighted by Crippen LogP contribution is -2.33. The number of rotatable bonds is 6. The van der Waals surface area contributed by atoms with Gasteiger partial charge in [-0.15, -0.1) is 5.10 Å². The molecule has 2 aliphatic rings. The van der Waals surface area contributed by atoms with E-state index in [0.717, 1.165) is 11.3 Å². The zero-order valence-electron chi connectivity index (χ0n) is 13.9. The number of likely N-dealkylation sites (tertiary alicyclic amines) is 1. The highest BCUT2D eigenvalue weighted by atomic mass is 32.1. The van der Waals surface area contributed by atoms with Crippen molar-refractivity contribution in [1.29, 1.82) is 0 Å². The summed E-state index contributed by atoms with van der Waals surface area (Å²) in [6.45, 7) is 4.08. The number of hydrogen-bond donors (Lipinski definition) is 1. The number of nitrogens with zero attached hydrogens (tertiary/aromatic N) is 3. The van der Waals surface area contributed by atoms with Crippen molar-refractivity contribution < 1.29 is 19.1 Å². The molecule has 3 atom stereocenters. The molecule has 0 spiro atoms. The predicted octanol–water partition coefficient (Wildman–Crippen LogP) is 0.229. The summed E-state index contributed by atoms with van der Waals surface area (Å²) in [6, 6.07) is 0. The molecule has 0 unspecified atom stereocenters. The fourth-order valence-electron chi connectivity index (χ4n) is 3.31. The number of aromatic nitrogens is 2. The van der Waals surface area contributed by atoms with E-state index in [0.29, 0.717) is 38.4 Å². The largest absolute Gasteiger partial charge is 0.383 e. The molecule has 2 saturated heterocycles. The van der Waals surface area contributed by atoms with Gasteiger partial charge >= 0.3 is 0 Å². The molecule has 1 aromatic heterocycles. The zero-order chi connectivity index (χ0) is 17.1. The van der Waals surface area contributed by atoms with Crippen LogP contribution in [0.5, 0.6) is 0 Å². The van der Waals surface area contributed by atoms with Gasteiger partial charge in [0, 0.05) is 32.7 Å². The number of carbonyl (C=O) groups excluding carboxylic acids is 2. The Kier molecular flexibility index (Phi) is 5.42. The standard InChI is InChI=1S/C15H22N4O4S/c1-9-14(17-18-24-9)15(21)19-7-10-5-11(23-12(10)8-19)6-13(20)16-3-4-22-2/h10-12H,3-8H2,1-2H3,(H,16,20)/t10-,11-,12+/m0/s1. The van der Waals surface area contributed by atoms with Crippen molar-refractivity contribution in [3.05, 3.63) is 10.6 Å². The van der Waals surface area contributed by atoms with Crippen LogP contribution < -0.4 is 5.32 Å². The third-order valence-electron chi connectivity index (χ3n) is 4.50. The number of aryl methyl sites for hydroxylation is 1. The van der Waals surface area contributed by atoms with Crippen molar-refractivity contribution in [2.45, 2.75) is 32.0 Å². The number of ether oxygens (including phenoxy) is 2. The molecule has 1 aromatic rings. The first-order chi connectivity index (χ1) is 11.6. The molecule has 0 radical (unpaired) electrons. The van der Waals surface area contributed by atoms with E-state index >= 15 is 0 Å². The van der Waals surface area contributed by atoms with E-state index in [1.54, 1.807) is 12.0 Å². The Hall–Kier alpha value is -1.58. The second-order valence-corrected chi connectivity index (χ2v) is 7.19. The molecule has 0 bridgehead atoms. The van der Waals surface area contributed by atoms with Gasteiger partial charge in [-0.2, -0.15) is 0 Å². The van der Waals surface area contributed by atoms with Crippen LogP contribution in [0.3, 0.4) is 0 Å². The molecule has 0 aliphatic carbocycles. The van der Waals surface area contributed by atoms with Gasteiger partial charge in [0.15, 0.2) is 5.69 Å². The summed E-state index contributed by atoms with van der Waals surface area (Å²) in [6.07, 6.45) is 1.11. The molecule has 9 heteroatoms. The second kappa shape index (κ2) is 7.54. The molecule has 2 fully saturated rings. The Bertz CT molecular complexity index is 594. The van der Waals surface area contributed by atoms with Crippen molar-refractivity contribution in [3.8, 4) is 0 Å². The number of fused-ring (bicyclic) bond motifs is 1. The molecule has 1 N–H and O–H groups in total. The number of nitrogens with one attached hydrogen (secondary N) is 1. The van der Waals surface area contributed by atoms with E-state index in [-0.39, 0.29) is 29.9 Å². The smallest absolute Gasteiger partial charge is 0.275 e. The minimum absolute atomic E-state index is 0.0117. The first kappa shape index (κ1) is 17.2. The molecule has 8 nitrogen and oxygen atoms in total. The summed E-state index contributed by atoms with van der Waals surface area (Å²) in [5.74, 6) is 0.194. The minimum atomic E-state index is -0.0758. The number of amides is 2. The molecule has 2 aliphatic heterocycles. The maximum Gasteiger partial charge on any atom is 0.275 e. The maximum absolute atomic E-state index is 12.5. The van der Waals surface area contributed by atoms with Crippen LogP contribution in [-0.2, 0) is 14.3 Å². The number of carbonyl (C=O) groups is 2. The normalized spacial score (nSPS) is 25.8. The monoisotopic (exact) mass is 354 g/mol. The second-order valence-electron chi connectivity index (χ2n) is 6.23. The van der Waals surface area contributed by atoms with Crippen LogP contribution in [0.4, 0.5) is 0 Å². The average Bonchev–Trinajstić information content (AvgIpc) is 3.21. The van der Waals surface area contributed by atoms with Crippen LogP contribution in [0.15, 0.2) is 0 Å². The molecule has 2 amide bonds. The predicted molar refractivity (Wildman–Crippen MR) is 86.8 cm³/mol. The summed E-state index contributed by atoms with van der Waals surface area (Å²) >= 11 is 1.23. The van der Waals surface area contributed by atoms with Crippen molar-refractivity contribution >= 4 is 23.3 Å². The van der Waals surface area contributed by atoms with Crippen molar-refractivity contribution in [2.75, 3.05) is 33.4 Å². The van der Waals surface area contributed by atoms with E-state index in [4.69, 9.17) is 9.47 Å². The highest BCUT2D eigenvalue weighted by Gasteiger charge is 2.44. The van der Waals surface area contributed by atoms with Crippen molar-refractivity contribution in [3.63, 3.8) is 0 Å². The lowest BCUT2D eigenvalue weighted by Gasteiger charge is -2.18. The third kappa shape index (κ3) is 3.73. The molecule has 132 valence electrons. The SMILES string of the molecule is COCCNC(=O)C[C@@H]1C[C@H]2CN(C(=O)c3nnsc3C)C[C@H]2O1. The van der Waals surface area contributed by atoms with Crippen LogP contribution >= 0.6 is 11.5 Å². The van der Waals surface area contributed by atoms with E-state index in [1.807, 2.05) is 6.92 Å². The van der Waals surface area contributed by atoms with E-state index in [9.17, 15) is 9.59 Å². The molecule has 3 rings (SSSR count). The summed E-state index contributed by atoms with van der Waals surface area (Å²) in [5.41, 5.74) is 0.439. The van der Waals surface area contributed by atoms with Crippen LogP contribution in [0, 0.1) is 12.8 Å². The first-order valence-corrected chi connectivity index (χ1v) is 8.85. The average molecular weight is 354 g/mol. The van der Waals surface area contributed by atoms with Gasteiger partial charge in [-0.3, -0.25) is 9.59 Å². The van der Waals surface area contributed by atoms with Crippen LogP contribution in [0.2, 0.25) is 0 Å².